The average molecular weight is 374 g/mol. The number of amides is 2. The summed E-state index contributed by atoms with van der Waals surface area (Å²) in [7, 11) is 0. The van der Waals surface area contributed by atoms with Crippen molar-refractivity contribution in [3.63, 3.8) is 0 Å². The van der Waals surface area contributed by atoms with E-state index in [4.69, 9.17) is 0 Å². The van der Waals surface area contributed by atoms with E-state index >= 15 is 0 Å². The van der Waals surface area contributed by atoms with Gasteiger partial charge in [-0.05, 0) is 101 Å². The zero-order chi connectivity index (χ0) is 18.4. The first-order valence-corrected chi connectivity index (χ1v) is 11.4. The molecule has 2 heterocycles. The molecule has 4 bridgehead atoms. The number of nitrogens with zero attached hydrogens (tertiary/aromatic N) is 1. The van der Waals surface area contributed by atoms with Gasteiger partial charge in [0.05, 0.1) is 5.41 Å². The maximum Gasteiger partial charge on any atom is 0.242 e. The van der Waals surface area contributed by atoms with Crippen LogP contribution in [-0.2, 0) is 9.59 Å². The van der Waals surface area contributed by atoms with Crippen molar-refractivity contribution in [3.05, 3.63) is 0 Å². The van der Waals surface area contributed by atoms with E-state index in [0.29, 0.717) is 11.8 Å². The van der Waals surface area contributed by atoms with Gasteiger partial charge in [-0.25, -0.2) is 0 Å². The number of rotatable bonds is 5. The maximum atomic E-state index is 13.6. The molecule has 0 aromatic heterocycles. The summed E-state index contributed by atoms with van der Waals surface area (Å²) in [6, 6.07) is -0.216. The van der Waals surface area contributed by atoms with Crippen LogP contribution in [-0.4, -0.2) is 48.9 Å². The normalized spacial score (nSPS) is 42.7. The van der Waals surface area contributed by atoms with Gasteiger partial charge in [0, 0.05) is 13.1 Å². The molecule has 6 fully saturated rings. The van der Waals surface area contributed by atoms with E-state index < -0.39 is 0 Å². The van der Waals surface area contributed by atoms with Crippen LogP contribution < -0.4 is 10.6 Å². The minimum atomic E-state index is -0.216. The lowest BCUT2D eigenvalue weighted by Gasteiger charge is -2.56. The molecule has 2 atom stereocenters. The number of likely N-dealkylation sites (tertiary alicyclic amines) is 1. The van der Waals surface area contributed by atoms with Gasteiger partial charge in [-0.2, -0.15) is 0 Å². The zero-order valence-corrected chi connectivity index (χ0v) is 16.5. The summed E-state index contributed by atoms with van der Waals surface area (Å²) in [5.74, 6) is 3.44. The molecule has 0 radical (unpaired) electrons. The van der Waals surface area contributed by atoms with Crippen molar-refractivity contribution >= 4 is 11.8 Å². The Morgan fingerprint density at radius 1 is 1.04 bits per heavy atom. The highest BCUT2D eigenvalue weighted by Crippen LogP contribution is 2.60. The van der Waals surface area contributed by atoms with Gasteiger partial charge >= 0.3 is 0 Å². The Balaban J connectivity index is 1.21. The third-order valence-corrected chi connectivity index (χ3v) is 8.32. The number of hydrogen-bond acceptors (Lipinski definition) is 3. The van der Waals surface area contributed by atoms with Gasteiger partial charge in [0.1, 0.15) is 6.04 Å². The molecular weight excluding hydrogens is 338 g/mol. The molecular formula is C22H35N3O2. The Bertz CT molecular complexity index is 563. The average Bonchev–Trinajstić information content (AvgIpc) is 3.31. The summed E-state index contributed by atoms with van der Waals surface area (Å²) in [6.45, 7) is 3.72. The van der Waals surface area contributed by atoms with Gasteiger partial charge in [0.2, 0.25) is 11.8 Å². The number of carbonyl (C=O) groups is 2. The Morgan fingerprint density at radius 2 is 1.74 bits per heavy atom. The second kappa shape index (κ2) is 7.06. The summed E-state index contributed by atoms with van der Waals surface area (Å²) in [5.41, 5.74) is -0.118. The summed E-state index contributed by atoms with van der Waals surface area (Å²) in [4.78, 5) is 28.5. The molecule has 6 rings (SSSR count). The molecule has 4 saturated carbocycles. The predicted molar refractivity (Wildman–Crippen MR) is 104 cm³/mol. The van der Waals surface area contributed by atoms with Crippen LogP contribution >= 0.6 is 0 Å². The standard InChI is InChI=1S/C22H35N3O2/c26-20(24-6-4-15-3-5-23-14-15)19-2-1-7-25(19)21(27)22-11-16-8-17(12-22)10-18(9-16)13-22/h15-19,23H,1-14H2,(H,24,26). The maximum absolute atomic E-state index is 13.6. The summed E-state index contributed by atoms with van der Waals surface area (Å²) >= 11 is 0. The highest BCUT2D eigenvalue weighted by molar-refractivity contribution is 5.91. The Hall–Kier alpha value is -1.10. The fourth-order valence-corrected chi connectivity index (χ4v) is 7.44. The first-order valence-electron chi connectivity index (χ1n) is 11.4. The molecule has 2 N–H and O–H groups in total. The zero-order valence-electron chi connectivity index (χ0n) is 16.5. The molecule has 2 saturated heterocycles. The molecule has 27 heavy (non-hydrogen) atoms. The van der Waals surface area contributed by atoms with Gasteiger partial charge in [-0.3, -0.25) is 9.59 Å². The molecule has 0 spiro atoms. The predicted octanol–water partition coefficient (Wildman–Crippen LogP) is 2.31. The Morgan fingerprint density at radius 3 is 2.37 bits per heavy atom. The van der Waals surface area contributed by atoms with Crippen molar-refractivity contribution in [2.45, 2.75) is 70.3 Å². The fraction of sp³-hybridized carbons (Fsp3) is 0.909. The fourth-order valence-electron chi connectivity index (χ4n) is 7.44. The van der Waals surface area contributed by atoms with E-state index in [0.717, 1.165) is 82.5 Å². The van der Waals surface area contributed by atoms with E-state index in [1.54, 1.807) is 0 Å². The monoisotopic (exact) mass is 373 g/mol. The molecule has 150 valence electrons. The van der Waals surface area contributed by atoms with E-state index in [-0.39, 0.29) is 17.4 Å². The molecule has 2 aliphatic heterocycles. The highest BCUT2D eigenvalue weighted by atomic mass is 16.2. The van der Waals surface area contributed by atoms with Crippen LogP contribution in [0.25, 0.3) is 0 Å². The van der Waals surface area contributed by atoms with Crippen LogP contribution in [0.2, 0.25) is 0 Å². The van der Waals surface area contributed by atoms with Crippen LogP contribution in [0.3, 0.4) is 0 Å². The van der Waals surface area contributed by atoms with Gasteiger partial charge in [-0.15, -0.1) is 0 Å². The van der Waals surface area contributed by atoms with Crippen LogP contribution in [0.15, 0.2) is 0 Å². The lowest BCUT2D eigenvalue weighted by atomic mass is 9.49. The molecule has 0 aromatic carbocycles. The first kappa shape index (κ1) is 18.0. The van der Waals surface area contributed by atoms with E-state index in [1.807, 2.05) is 4.90 Å². The third-order valence-electron chi connectivity index (χ3n) is 8.32. The molecule has 5 nitrogen and oxygen atoms in total. The van der Waals surface area contributed by atoms with E-state index in [1.165, 1.54) is 25.7 Å². The Kier molecular flexibility index (Phi) is 4.69. The highest BCUT2D eigenvalue weighted by Gasteiger charge is 2.56. The van der Waals surface area contributed by atoms with Crippen molar-refractivity contribution in [1.29, 1.82) is 0 Å². The molecule has 0 aromatic rings. The number of hydrogen-bond donors (Lipinski definition) is 2. The smallest absolute Gasteiger partial charge is 0.242 e. The van der Waals surface area contributed by atoms with Gasteiger partial charge < -0.3 is 15.5 Å². The molecule has 4 aliphatic carbocycles. The SMILES string of the molecule is O=C(NCCC1CCNC1)C1CCCN1C(=O)C12CC3CC(CC(C3)C1)C2. The van der Waals surface area contributed by atoms with Crippen LogP contribution in [0.1, 0.15) is 64.2 Å². The third kappa shape index (κ3) is 3.30. The minimum absolute atomic E-state index is 0.0940. The van der Waals surface area contributed by atoms with Crippen molar-refractivity contribution in [3.8, 4) is 0 Å². The van der Waals surface area contributed by atoms with Crippen molar-refractivity contribution in [2.24, 2.45) is 29.1 Å². The molecule has 6 aliphatic rings. The summed E-state index contributed by atoms with van der Waals surface area (Å²) in [5, 5.41) is 6.53. The van der Waals surface area contributed by atoms with Gasteiger partial charge in [-0.1, -0.05) is 0 Å². The van der Waals surface area contributed by atoms with Crippen LogP contribution in [0, 0.1) is 29.1 Å². The van der Waals surface area contributed by atoms with Crippen molar-refractivity contribution in [2.75, 3.05) is 26.2 Å². The topological polar surface area (TPSA) is 61.4 Å². The van der Waals surface area contributed by atoms with Gasteiger partial charge in [0.15, 0.2) is 0 Å². The molecule has 5 heteroatoms. The summed E-state index contributed by atoms with van der Waals surface area (Å²) < 4.78 is 0. The molecule has 2 amide bonds. The lowest BCUT2D eigenvalue weighted by molar-refractivity contribution is -0.160. The van der Waals surface area contributed by atoms with Crippen LogP contribution in [0.4, 0.5) is 0 Å². The second-order valence-electron chi connectivity index (χ2n) is 10.3. The Labute approximate surface area is 163 Å². The lowest BCUT2D eigenvalue weighted by Crippen LogP contribution is -2.57. The van der Waals surface area contributed by atoms with Crippen molar-refractivity contribution < 1.29 is 9.59 Å². The van der Waals surface area contributed by atoms with Gasteiger partial charge in [0.25, 0.3) is 0 Å². The van der Waals surface area contributed by atoms with Crippen LogP contribution in [0.5, 0.6) is 0 Å². The second-order valence-corrected chi connectivity index (χ2v) is 10.3. The summed E-state index contributed by atoms with van der Waals surface area (Å²) in [6.07, 6.45) is 11.4. The quantitative estimate of drug-likeness (QED) is 0.777. The minimum Gasteiger partial charge on any atom is -0.354 e. The number of nitrogens with one attached hydrogen (secondary N) is 2. The largest absolute Gasteiger partial charge is 0.354 e. The van der Waals surface area contributed by atoms with Crippen molar-refractivity contribution in [1.82, 2.24) is 15.5 Å². The van der Waals surface area contributed by atoms with E-state index in [9.17, 15) is 9.59 Å². The molecule has 2 unspecified atom stereocenters. The number of carbonyl (C=O) groups excluding carboxylic acids is 2. The first-order chi connectivity index (χ1) is 13.1. The van der Waals surface area contributed by atoms with E-state index in [2.05, 4.69) is 10.6 Å².